The molecule has 0 rings (SSSR count). The fourth-order valence-corrected chi connectivity index (χ4v) is 0.194. The van der Waals surface area contributed by atoms with Crippen LogP contribution >= 0.6 is 12.6 Å². The van der Waals surface area contributed by atoms with Crippen molar-refractivity contribution in [3.63, 3.8) is 0 Å². The van der Waals surface area contributed by atoms with Crippen LogP contribution in [0.2, 0.25) is 0 Å². The fourth-order valence-electron chi connectivity index (χ4n) is 0.0645. The third-order valence-electron chi connectivity index (χ3n) is 0.209. The molecule has 28 valence electrons. The number of thiol groups is 1. The van der Waals surface area contributed by atoms with E-state index < -0.39 is 0 Å². The maximum absolute atomic E-state index is 3.70. The molecule has 0 aliphatic heterocycles. The molecule has 0 fully saturated rings. The fraction of sp³-hybridized carbons (Fsp3) is 0.250. The molecule has 0 saturated carbocycles. The quantitative estimate of drug-likeness (QED) is 0.158. The predicted molar refractivity (Wildman–Crippen MR) is 26.0 cm³/mol. The third kappa shape index (κ3) is 8.82. The minimum Gasteiger partial charge on any atom is -0.325 e. The van der Waals surface area contributed by atoms with E-state index in [9.17, 15) is 0 Å². The van der Waals surface area contributed by atoms with E-state index in [0.29, 0.717) is 0 Å². The van der Waals surface area contributed by atoms with Gasteiger partial charge < -0.3 is 5.73 Å². The van der Waals surface area contributed by atoms with Crippen molar-refractivity contribution in [1.82, 2.24) is 0 Å². The summed E-state index contributed by atoms with van der Waals surface area (Å²) in [6, 6.07) is 0. The SMILES string of the molecule is C[C-]=C=CS.[Li+]. The first kappa shape index (κ1) is 9.69. The number of hydrogen-bond donors (Lipinski definition) is 1. The van der Waals surface area contributed by atoms with Crippen LogP contribution in [0.25, 0.3) is 0 Å². The average molecular weight is 92.1 g/mol. The van der Waals surface area contributed by atoms with E-state index in [1.807, 2.05) is 0 Å². The van der Waals surface area contributed by atoms with E-state index >= 15 is 0 Å². The summed E-state index contributed by atoms with van der Waals surface area (Å²) in [5.74, 6) is 0. The molecule has 2 heteroatoms. The van der Waals surface area contributed by atoms with Gasteiger partial charge in [0.15, 0.2) is 0 Å². The maximum atomic E-state index is 3.70. The Kier molecular flexibility index (Phi) is 14.7. The van der Waals surface area contributed by atoms with Crippen molar-refractivity contribution >= 4 is 12.6 Å². The number of rotatable bonds is 0. The van der Waals surface area contributed by atoms with E-state index in [2.05, 4.69) is 24.4 Å². The monoisotopic (exact) mass is 92.0 g/mol. The molecule has 0 aromatic rings. The second-order valence-electron chi connectivity index (χ2n) is 0.523. The molecule has 0 aliphatic carbocycles. The molecule has 0 aliphatic rings. The summed E-state index contributed by atoms with van der Waals surface area (Å²) in [5, 5.41) is 1.51. The van der Waals surface area contributed by atoms with Crippen LogP contribution in [0.3, 0.4) is 0 Å². The number of allylic oxidation sites excluding steroid dienone is 1. The van der Waals surface area contributed by atoms with Gasteiger partial charge in [-0.15, -0.1) is 12.3 Å². The van der Waals surface area contributed by atoms with E-state index in [-0.39, 0.29) is 18.9 Å². The van der Waals surface area contributed by atoms with E-state index in [1.165, 1.54) is 5.41 Å². The molecule has 0 unspecified atom stereocenters. The molecular formula is C4H5LiS. The molecule has 0 N–H and O–H groups in total. The summed E-state index contributed by atoms with van der Waals surface area (Å²) in [6.07, 6.45) is 2.64. The Morgan fingerprint density at radius 3 is 2.33 bits per heavy atom. The van der Waals surface area contributed by atoms with Gasteiger partial charge in [0.25, 0.3) is 0 Å². The van der Waals surface area contributed by atoms with Crippen molar-refractivity contribution in [3.8, 4) is 0 Å². The molecule has 0 aromatic heterocycles. The molecule has 0 heterocycles. The minimum absolute atomic E-state index is 0. The van der Waals surface area contributed by atoms with Crippen LogP contribution in [0.15, 0.2) is 11.1 Å². The van der Waals surface area contributed by atoms with Crippen molar-refractivity contribution in [1.29, 1.82) is 0 Å². The zero-order valence-corrected chi connectivity index (χ0v) is 4.92. The summed E-state index contributed by atoms with van der Waals surface area (Å²) >= 11 is 3.70. The van der Waals surface area contributed by atoms with Gasteiger partial charge in [-0.25, -0.2) is 18.7 Å². The maximum Gasteiger partial charge on any atom is 1.00 e. The summed E-state index contributed by atoms with van der Waals surface area (Å²) in [5.41, 5.74) is 2.60. The Balaban J connectivity index is 0. The van der Waals surface area contributed by atoms with Crippen LogP contribution in [0.5, 0.6) is 0 Å². The van der Waals surface area contributed by atoms with Crippen molar-refractivity contribution in [2.24, 2.45) is 0 Å². The summed E-state index contributed by atoms with van der Waals surface area (Å²) in [7, 11) is 0. The van der Waals surface area contributed by atoms with Gasteiger partial charge in [0.2, 0.25) is 0 Å². The second kappa shape index (κ2) is 9.08. The van der Waals surface area contributed by atoms with Crippen LogP contribution in [-0.4, -0.2) is 0 Å². The summed E-state index contributed by atoms with van der Waals surface area (Å²) in [4.78, 5) is 0. The summed E-state index contributed by atoms with van der Waals surface area (Å²) in [6.45, 7) is 1.77. The van der Waals surface area contributed by atoms with Gasteiger partial charge in [-0.05, 0) is 0 Å². The topological polar surface area (TPSA) is 0 Å². The van der Waals surface area contributed by atoms with E-state index in [0.717, 1.165) is 0 Å². The van der Waals surface area contributed by atoms with Crippen molar-refractivity contribution in [2.75, 3.05) is 0 Å². The van der Waals surface area contributed by atoms with Crippen molar-refractivity contribution in [2.45, 2.75) is 6.92 Å². The molecule has 6 heavy (non-hydrogen) atoms. The average Bonchev–Trinajstić information content (AvgIpc) is 1.41. The van der Waals surface area contributed by atoms with Crippen molar-refractivity contribution in [3.05, 3.63) is 17.2 Å². The van der Waals surface area contributed by atoms with Gasteiger partial charge >= 0.3 is 18.9 Å². The molecule has 0 spiro atoms. The first-order chi connectivity index (χ1) is 2.41. The Labute approximate surface area is 55.9 Å². The Morgan fingerprint density at radius 1 is 1.83 bits per heavy atom. The normalized spacial score (nSPS) is 4.33. The largest absolute Gasteiger partial charge is 1.00 e. The molecule has 0 amide bonds. The second-order valence-corrected chi connectivity index (χ2v) is 0.782. The zero-order valence-electron chi connectivity index (χ0n) is 4.02. The van der Waals surface area contributed by atoms with Gasteiger partial charge in [-0.1, -0.05) is 0 Å². The van der Waals surface area contributed by atoms with Crippen LogP contribution in [0.4, 0.5) is 0 Å². The zero-order chi connectivity index (χ0) is 4.12. The predicted octanol–water partition coefficient (Wildman–Crippen LogP) is -1.59. The van der Waals surface area contributed by atoms with Gasteiger partial charge in [0.1, 0.15) is 0 Å². The molecular weight excluding hydrogens is 87.1 g/mol. The number of hydrogen-bond acceptors (Lipinski definition) is 1. The smallest absolute Gasteiger partial charge is 0.325 e. The molecule has 0 radical (unpaired) electrons. The van der Waals surface area contributed by atoms with Gasteiger partial charge in [0, 0.05) is 0 Å². The molecule has 0 saturated heterocycles. The molecule has 0 aromatic carbocycles. The summed E-state index contributed by atoms with van der Waals surface area (Å²) < 4.78 is 0. The Hall–Kier alpha value is 0.467. The molecule has 0 bridgehead atoms. The first-order valence-electron chi connectivity index (χ1n) is 1.30. The van der Waals surface area contributed by atoms with Gasteiger partial charge in [0.05, 0.1) is 0 Å². The van der Waals surface area contributed by atoms with Gasteiger partial charge in [-0.3, -0.25) is 0 Å². The Bertz CT molecular complexity index is 55.9. The third-order valence-corrected chi connectivity index (χ3v) is 0.338. The van der Waals surface area contributed by atoms with E-state index in [1.54, 1.807) is 6.92 Å². The molecule has 0 atom stereocenters. The van der Waals surface area contributed by atoms with Crippen LogP contribution in [-0.2, 0) is 0 Å². The first-order valence-corrected chi connectivity index (χ1v) is 1.81. The van der Waals surface area contributed by atoms with Crippen LogP contribution in [0, 0.1) is 6.08 Å². The van der Waals surface area contributed by atoms with Gasteiger partial charge in [-0.2, -0.15) is 0 Å². The Morgan fingerprint density at radius 2 is 2.33 bits per heavy atom. The standard InChI is InChI=1S/C4H5S.Li/c1-2-3-4-5;/h4-5H,1H3;/q-1;+1. The minimum atomic E-state index is 0. The van der Waals surface area contributed by atoms with Crippen LogP contribution in [0.1, 0.15) is 6.92 Å². The van der Waals surface area contributed by atoms with Crippen molar-refractivity contribution < 1.29 is 18.9 Å². The van der Waals surface area contributed by atoms with E-state index in [4.69, 9.17) is 0 Å². The van der Waals surface area contributed by atoms with Crippen LogP contribution < -0.4 is 18.9 Å². The molecule has 0 nitrogen and oxygen atoms in total.